The molecule has 0 saturated carbocycles. The molecule has 0 aliphatic carbocycles. The number of aromatic nitrogens is 1. The average molecular weight is 284 g/mol. The van der Waals surface area contributed by atoms with Crippen LogP contribution >= 0.6 is 0 Å². The molecule has 0 radical (unpaired) electrons. The Balaban J connectivity index is 1.69. The Hall–Kier alpha value is -1.23. The third-order valence-corrected chi connectivity index (χ3v) is 3.78. The summed E-state index contributed by atoms with van der Waals surface area (Å²) in [6, 6.07) is 5.56. The van der Waals surface area contributed by atoms with Crippen LogP contribution in [0.3, 0.4) is 0 Å². The molecular formula is C15H22F2N2O. The van der Waals surface area contributed by atoms with Crippen LogP contribution in [0.1, 0.15) is 26.2 Å². The number of hydrogen-bond acceptors (Lipinski definition) is 3. The van der Waals surface area contributed by atoms with Crippen LogP contribution in [-0.4, -0.2) is 42.0 Å². The zero-order valence-corrected chi connectivity index (χ0v) is 11.9. The Kier molecular flexibility index (Phi) is 5.29. The predicted octanol–water partition coefficient (Wildman–Crippen LogP) is 3.22. The second-order valence-corrected chi connectivity index (χ2v) is 5.41. The van der Waals surface area contributed by atoms with E-state index in [0.717, 1.165) is 25.9 Å². The Morgan fingerprint density at radius 3 is 2.70 bits per heavy atom. The first-order valence-electron chi connectivity index (χ1n) is 7.23. The molecule has 1 aromatic heterocycles. The predicted molar refractivity (Wildman–Crippen MR) is 74.1 cm³/mol. The molecule has 1 fully saturated rings. The first-order chi connectivity index (χ1) is 9.59. The summed E-state index contributed by atoms with van der Waals surface area (Å²) >= 11 is 0. The molecule has 1 aliphatic rings. The van der Waals surface area contributed by atoms with E-state index in [-0.39, 0.29) is 13.0 Å². The van der Waals surface area contributed by atoms with Gasteiger partial charge in [0.2, 0.25) is 5.88 Å². The van der Waals surface area contributed by atoms with Crippen molar-refractivity contribution in [1.29, 1.82) is 0 Å². The molecule has 0 unspecified atom stereocenters. The maximum Gasteiger partial charge on any atom is 0.260 e. The minimum atomic E-state index is -2.56. The second kappa shape index (κ2) is 6.97. The summed E-state index contributed by atoms with van der Waals surface area (Å²) in [7, 11) is 0. The van der Waals surface area contributed by atoms with Crippen molar-refractivity contribution in [2.24, 2.45) is 5.92 Å². The van der Waals surface area contributed by atoms with Crippen molar-refractivity contribution in [3.63, 3.8) is 0 Å². The number of likely N-dealkylation sites (tertiary alicyclic amines) is 1. The first-order valence-corrected chi connectivity index (χ1v) is 7.23. The summed E-state index contributed by atoms with van der Waals surface area (Å²) in [5.41, 5.74) is 0. The molecule has 1 saturated heterocycles. The van der Waals surface area contributed by atoms with Gasteiger partial charge in [-0.05, 0) is 37.9 Å². The molecule has 3 nitrogen and oxygen atoms in total. The SMILES string of the molecule is CCC(F)(F)CN1CCC(COc2ccccn2)CC1. The average Bonchev–Trinajstić information content (AvgIpc) is 2.47. The molecule has 20 heavy (non-hydrogen) atoms. The maximum absolute atomic E-state index is 13.3. The summed E-state index contributed by atoms with van der Waals surface area (Å²) in [5.74, 6) is -1.49. The number of piperidine rings is 1. The van der Waals surface area contributed by atoms with Gasteiger partial charge in [-0.3, -0.25) is 4.90 Å². The summed E-state index contributed by atoms with van der Waals surface area (Å²) in [6.45, 7) is 3.50. The van der Waals surface area contributed by atoms with Crippen LogP contribution in [-0.2, 0) is 0 Å². The number of halogens is 2. The van der Waals surface area contributed by atoms with E-state index in [2.05, 4.69) is 4.98 Å². The van der Waals surface area contributed by atoms with Crippen molar-refractivity contribution in [2.45, 2.75) is 32.1 Å². The molecule has 0 aromatic carbocycles. The third kappa shape index (κ3) is 4.71. The largest absolute Gasteiger partial charge is 0.477 e. The van der Waals surface area contributed by atoms with Gasteiger partial charge in [-0.15, -0.1) is 0 Å². The van der Waals surface area contributed by atoms with Crippen molar-refractivity contribution < 1.29 is 13.5 Å². The number of rotatable bonds is 6. The van der Waals surface area contributed by atoms with Crippen molar-refractivity contribution in [1.82, 2.24) is 9.88 Å². The van der Waals surface area contributed by atoms with Gasteiger partial charge in [0.1, 0.15) is 0 Å². The smallest absolute Gasteiger partial charge is 0.260 e. The number of ether oxygens (including phenoxy) is 1. The molecule has 112 valence electrons. The van der Waals surface area contributed by atoms with Crippen LogP contribution in [0.2, 0.25) is 0 Å². The van der Waals surface area contributed by atoms with Crippen molar-refractivity contribution in [3.8, 4) is 5.88 Å². The molecule has 0 atom stereocenters. The van der Waals surface area contributed by atoms with Gasteiger partial charge in [-0.2, -0.15) is 0 Å². The lowest BCUT2D eigenvalue weighted by Gasteiger charge is -2.33. The van der Waals surface area contributed by atoms with Gasteiger partial charge in [-0.25, -0.2) is 13.8 Å². The Labute approximate surface area is 118 Å². The fourth-order valence-electron chi connectivity index (χ4n) is 2.39. The van der Waals surface area contributed by atoms with Crippen molar-refractivity contribution in [2.75, 3.05) is 26.2 Å². The molecule has 1 aromatic rings. The van der Waals surface area contributed by atoms with Gasteiger partial charge in [0, 0.05) is 18.7 Å². The number of hydrogen-bond donors (Lipinski definition) is 0. The monoisotopic (exact) mass is 284 g/mol. The normalized spacial score (nSPS) is 18.1. The highest BCUT2D eigenvalue weighted by Crippen LogP contribution is 2.24. The molecule has 2 heterocycles. The molecular weight excluding hydrogens is 262 g/mol. The van der Waals surface area contributed by atoms with Gasteiger partial charge in [0.15, 0.2) is 0 Å². The van der Waals surface area contributed by atoms with Crippen LogP contribution in [0, 0.1) is 5.92 Å². The summed E-state index contributed by atoms with van der Waals surface area (Å²) in [6.07, 6.45) is 3.43. The van der Waals surface area contributed by atoms with Crippen molar-refractivity contribution >= 4 is 0 Å². The molecule has 2 rings (SSSR count). The molecule has 1 aliphatic heterocycles. The second-order valence-electron chi connectivity index (χ2n) is 5.41. The van der Waals surface area contributed by atoms with Gasteiger partial charge in [0.25, 0.3) is 5.92 Å². The molecule has 0 amide bonds. The standard InChI is InChI=1S/C15H22F2N2O/c1-2-15(16,17)12-19-9-6-13(7-10-19)11-20-14-5-3-4-8-18-14/h3-5,8,13H,2,6-7,9-12H2,1H3. The van der Waals surface area contributed by atoms with E-state index < -0.39 is 5.92 Å². The lowest BCUT2D eigenvalue weighted by atomic mass is 9.97. The number of alkyl halides is 2. The fraction of sp³-hybridized carbons (Fsp3) is 0.667. The van der Waals surface area contributed by atoms with E-state index >= 15 is 0 Å². The zero-order valence-electron chi connectivity index (χ0n) is 11.9. The zero-order chi connectivity index (χ0) is 14.4. The van der Waals surface area contributed by atoms with Gasteiger partial charge >= 0.3 is 0 Å². The van der Waals surface area contributed by atoms with Crippen LogP contribution in [0.4, 0.5) is 8.78 Å². The Morgan fingerprint density at radius 2 is 2.10 bits per heavy atom. The van der Waals surface area contributed by atoms with Crippen LogP contribution in [0.15, 0.2) is 24.4 Å². The van der Waals surface area contributed by atoms with Crippen LogP contribution < -0.4 is 4.74 Å². The van der Waals surface area contributed by atoms with Gasteiger partial charge in [0.05, 0.1) is 13.2 Å². The van der Waals surface area contributed by atoms with E-state index in [9.17, 15) is 8.78 Å². The minimum Gasteiger partial charge on any atom is -0.477 e. The first kappa shape index (κ1) is 15.2. The summed E-state index contributed by atoms with van der Waals surface area (Å²) in [5, 5.41) is 0. The van der Waals surface area contributed by atoms with Gasteiger partial charge in [-0.1, -0.05) is 13.0 Å². The van der Waals surface area contributed by atoms with E-state index in [1.54, 1.807) is 6.20 Å². The summed E-state index contributed by atoms with van der Waals surface area (Å²) < 4.78 is 32.3. The van der Waals surface area contributed by atoms with Crippen molar-refractivity contribution in [3.05, 3.63) is 24.4 Å². The molecule has 5 heteroatoms. The van der Waals surface area contributed by atoms with E-state index in [0.29, 0.717) is 18.4 Å². The molecule has 0 N–H and O–H groups in total. The highest BCUT2D eigenvalue weighted by atomic mass is 19.3. The topological polar surface area (TPSA) is 25.4 Å². The fourth-order valence-corrected chi connectivity index (χ4v) is 2.39. The Bertz CT molecular complexity index is 392. The molecule has 0 spiro atoms. The van der Waals surface area contributed by atoms with Crippen LogP contribution in [0.5, 0.6) is 5.88 Å². The van der Waals surface area contributed by atoms with Gasteiger partial charge < -0.3 is 4.74 Å². The number of pyridine rings is 1. The van der Waals surface area contributed by atoms with E-state index in [1.807, 2.05) is 23.1 Å². The highest BCUT2D eigenvalue weighted by Gasteiger charge is 2.31. The van der Waals surface area contributed by atoms with E-state index in [1.165, 1.54) is 6.92 Å². The quantitative estimate of drug-likeness (QED) is 0.802. The lowest BCUT2D eigenvalue weighted by molar-refractivity contribution is -0.0428. The minimum absolute atomic E-state index is 0.0876. The Morgan fingerprint density at radius 1 is 1.35 bits per heavy atom. The lowest BCUT2D eigenvalue weighted by Crippen LogP contribution is -2.42. The number of nitrogens with zero attached hydrogens (tertiary/aromatic N) is 2. The third-order valence-electron chi connectivity index (χ3n) is 3.78. The maximum atomic E-state index is 13.3. The summed E-state index contributed by atoms with van der Waals surface area (Å²) in [4.78, 5) is 5.97. The molecule has 0 bridgehead atoms. The van der Waals surface area contributed by atoms with E-state index in [4.69, 9.17) is 4.74 Å². The van der Waals surface area contributed by atoms with Crippen LogP contribution in [0.25, 0.3) is 0 Å². The highest BCUT2D eigenvalue weighted by molar-refractivity contribution is 5.09.